The molecule has 2 aromatic heterocycles. The van der Waals surface area contributed by atoms with Crippen LogP contribution < -0.4 is 10.1 Å². The summed E-state index contributed by atoms with van der Waals surface area (Å²) in [6.07, 6.45) is -0.519. The molecule has 1 atom stereocenters. The molecule has 2 heterocycles. The van der Waals surface area contributed by atoms with Crippen molar-refractivity contribution in [2.45, 2.75) is 25.2 Å². The van der Waals surface area contributed by atoms with Crippen molar-refractivity contribution in [1.29, 1.82) is 0 Å². The van der Waals surface area contributed by atoms with Crippen LogP contribution in [0.15, 0.2) is 44.5 Å². The lowest BCUT2D eigenvalue weighted by atomic mass is 10.3. The van der Waals surface area contributed by atoms with Gasteiger partial charge in [0.1, 0.15) is 17.3 Å². The second kappa shape index (κ2) is 8.00. The zero-order chi connectivity index (χ0) is 18.5. The van der Waals surface area contributed by atoms with Gasteiger partial charge in [0.2, 0.25) is 5.91 Å². The predicted molar refractivity (Wildman–Crippen MR) is 90.3 cm³/mol. The number of hydrogen-bond acceptors (Lipinski definition) is 8. The van der Waals surface area contributed by atoms with E-state index < -0.39 is 6.10 Å². The molecule has 1 aromatic carbocycles. The van der Waals surface area contributed by atoms with Gasteiger partial charge in [0.25, 0.3) is 11.1 Å². The number of nitrogens with one attached hydrogen (secondary N) is 1. The Balaban J connectivity index is 1.50. The van der Waals surface area contributed by atoms with E-state index in [1.54, 1.807) is 19.9 Å². The Morgan fingerprint density at radius 2 is 2.12 bits per heavy atom. The molecule has 0 spiro atoms. The number of anilines is 1. The molecule has 0 aliphatic rings. The largest absolute Gasteiger partial charge is 0.481 e. The van der Waals surface area contributed by atoms with Crippen LogP contribution in [0.2, 0.25) is 0 Å². The van der Waals surface area contributed by atoms with Crippen LogP contribution in [0.5, 0.6) is 5.75 Å². The number of carbonyl (C=O) groups excluding carboxylic acids is 1. The van der Waals surface area contributed by atoms with Crippen molar-refractivity contribution < 1.29 is 22.9 Å². The molecule has 3 aromatic rings. The fourth-order valence-corrected chi connectivity index (χ4v) is 2.51. The molecule has 0 saturated heterocycles. The average molecular weight is 378 g/mol. The van der Waals surface area contributed by atoms with Gasteiger partial charge in [-0.1, -0.05) is 16.9 Å². The van der Waals surface area contributed by atoms with Crippen LogP contribution in [-0.2, 0) is 4.79 Å². The Labute approximate surface area is 152 Å². The van der Waals surface area contributed by atoms with Crippen LogP contribution in [0.25, 0.3) is 0 Å². The molecular formula is C16H15FN4O4S. The number of hydrogen-bond donors (Lipinski definition) is 1. The number of aryl methyl sites for hydroxylation is 1. The van der Waals surface area contributed by atoms with Crippen molar-refractivity contribution in [3.63, 3.8) is 0 Å². The Bertz CT molecular complexity index is 881. The fraction of sp³-hybridized carbons (Fsp3) is 0.250. The highest BCUT2D eigenvalue weighted by Crippen LogP contribution is 2.24. The van der Waals surface area contributed by atoms with Crippen molar-refractivity contribution in [3.8, 4) is 5.75 Å². The fourth-order valence-electron chi connectivity index (χ4n) is 1.94. The van der Waals surface area contributed by atoms with Gasteiger partial charge in [-0.3, -0.25) is 4.79 Å². The van der Waals surface area contributed by atoms with Gasteiger partial charge in [0, 0.05) is 6.07 Å². The molecule has 0 bridgehead atoms. The zero-order valence-corrected chi connectivity index (χ0v) is 14.7. The summed E-state index contributed by atoms with van der Waals surface area (Å²) in [6.45, 7) is 3.46. The van der Waals surface area contributed by atoms with Gasteiger partial charge in [-0.15, -0.1) is 10.2 Å². The molecule has 136 valence electrons. The number of rotatable bonds is 7. The first-order valence-electron chi connectivity index (χ1n) is 7.61. The summed E-state index contributed by atoms with van der Waals surface area (Å²) < 4.78 is 28.8. The van der Waals surface area contributed by atoms with Crippen LogP contribution in [0.1, 0.15) is 24.7 Å². The second-order valence-corrected chi connectivity index (χ2v) is 6.21. The molecule has 0 radical (unpaired) electrons. The molecule has 10 heteroatoms. The summed E-state index contributed by atoms with van der Waals surface area (Å²) in [5.41, 5.74) is 0. The Hall–Kier alpha value is -2.88. The minimum Gasteiger partial charge on any atom is -0.481 e. The number of carbonyl (C=O) groups is 1. The molecule has 3 rings (SSSR count). The van der Waals surface area contributed by atoms with Crippen molar-refractivity contribution in [2.24, 2.45) is 0 Å². The van der Waals surface area contributed by atoms with Crippen LogP contribution in [0.4, 0.5) is 10.2 Å². The molecule has 0 saturated carbocycles. The second-order valence-electron chi connectivity index (χ2n) is 5.28. The van der Waals surface area contributed by atoms with E-state index in [0.717, 1.165) is 11.8 Å². The van der Waals surface area contributed by atoms with E-state index in [0.29, 0.717) is 17.3 Å². The highest BCUT2D eigenvalue weighted by molar-refractivity contribution is 7.99. The molecule has 0 aliphatic carbocycles. The molecule has 26 heavy (non-hydrogen) atoms. The van der Waals surface area contributed by atoms with Crippen molar-refractivity contribution >= 4 is 23.5 Å². The van der Waals surface area contributed by atoms with Crippen LogP contribution in [-0.4, -0.2) is 27.0 Å². The standard InChI is InChI=1S/C16H15FN4O4S/c1-9-7-13(21-25-9)18-14(22)8-26-16-20-19-15(24-16)10(2)23-12-5-3-11(17)4-6-12/h3-7,10H,8H2,1-2H3,(H,18,21,22)/t10-/m0/s1. The van der Waals surface area contributed by atoms with Gasteiger partial charge in [-0.05, 0) is 38.1 Å². The van der Waals surface area contributed by atoms with Crippen LogP contribution in [0, 0.1) is 12.7 Å². The lowest BCUT2D eigenvalue weighted by Gasteiger charge is -2.10. The summed E-state index contributed by atoms with van der Waals surface area (Å²) in [5, 5.41) is 14.3. The van der Waals surface area contributed by atoms with E-state index in [4.69, 9.17) is 13.7 Å². The van der Waals surface area contributed by atoms with E-state index in [2.05, 4.69) is 20.7 Å². The van der Waals surface area contributed by atoms with Gasteiger partial charge in [-0.2, -0.15) is 0 Å². The number of thioether (sulfide) groups is 1. The van der Waals surface area contributed by atoms with E-state index in [1.165, 1.54) is 24.3 Å². The summed E-state index contributed by atoms with van der Waals surface area (Å²) >= 11 is 1.09. The quantitative estimate of drug-likeness (QED) is 0.624. The van der Waals surface area contributed by atoms with Gasteiger partial charge in [0.15, 0.2) is 11.9 Å². The van der Waals surface area contributed by atoms with Gasteiger partial charge < -0.3 is 19.0 Å². The number of ether oxygens (including phenoxy) is 1. The molecule has 1 N–H and O–H groups in total. The minimum atomic E-state index is -0.519. The van der Waals surface area contributed by atoms with E-state index in [-0.39, 0.29) is 28.6 Å². The smallest absolute Gasteiger partial charge is 0.277 e. The highest BCUT2D eigenvalue weighted by atomic mass is 32.2. The predicted octanol–water partition coefficient (Wildman–Crippen LogP) is 3.38. The first-order chi connectivity index (χ1) is 12.5. The number of benzene rings is 1. The Kier molecular flexibility index (Phi) is 5.52. The molecule has 0 unspecified atom stereocenters. The Morgan fingerprint density at radius 1 is 1.35 bits per heavy atom. The number of amides is 1. The Morgan fingerprint density at radius 3 is 2.81 bits per heavy atom. The molecular weight excluding hydrogens is 363 g/mol. The summed E-state index contributed by atoms with van der Waals surface area (Å²) in [7, 11) is 0. The average Bonchev–Trinajstić information content (AvgIpc) is 3.24. The molecule has 0 aliphatic heterocycles. The van der Waals surface area contributed by atoms with E-state index in [1.807, 2.05) is 0 Å². The zero-order valence-electron chi connectivity index (χ0n) is 13.9. The number of aromatic nitrogens is 3. The third kappa shape index (κ3) is 4.82. The summed E-state index contributed by atoms with van der Waals surface area (Å²) in [6, 6.07) is 7.22. The number of halogens is 1. The van der Waals surface area contributed by atoms with Crippen LogP contribution in [0.3, 0.4) is 0 Å². The molecule has 1 amide bonds. The van der Waals surface area contributed by atoms with E-state index in [9.17, 15) is 9.18 Å². The van der Waals surface area contributed by atoms with Crippen LogP contribution >= 0.6 is 11.8 Å². The lowest BCUT2D eigenvalue weighted by molar-refractivity contribution is -0.113. The first kappa shape index (κ1) is 17.9. The maximum Gasteiger partial charge on any atom is 0.277 e. The minimum absolute atomic E-state index is 0.0702. The number of nitrogens with zero attached hydrogens (tertiary/aromatic N) is 3. The maximum atomic E-state index is 12.9. The SMILES string of the molecule is Cc1cc(NC(=O)CSc2nnc([C@H](C)Oc3ccc(F)cc3)o2)no1. The third-order valence-corrected chi connectivity index (χ3v) is 3.94. The third-order valence-electron chi connectivity index (χ3n) is 3.12. The molecule has 8 nitrogen and oxygen atoms in total. The monoisotopic (exact) mass is 378 g/mol. The van der Waals surface area contributed by atoms with Crippen molar-refractivity contribution in [3.05, 3.63) is 47.8 Å². The maximum absolute atomic E-state index is 12.9. The van der Waals surface area contributed by atoms with Gasteiger partial charge in [0.05, 0.1) is 5.75 Å². The molecule has 0 fully saturated rings. The van der Waals surface area contributed by atoms with Crippen molar-refractivity contribution in [1.82, 2.24) is 15.4 Å². The van der Waals surface area contributed by atoms with Gasteiger partial charge in [-0.25, -0.2) is 4.39 Å². The first-order valence-corrected chi connectivity index (χ1v) is 8.60. The topological polar surface area (TPSA) is 103 Å². The summed E-state index contributed by atoms with van der Waals surface area (Å²) in [4.78, 5) is 11.8. The highest BCUT2D eigenvalue weighted by Gasteiger charge is 2.17. The van der Waals surface area contributed by atoms with E-state index >= 15 is 0 Å². The summed E-state index contributed by atoms with van der Waals surface area (Å²) in [5.74, 6) is 1.13. The van der Waals surface area contributed by atoms with Crippen molar-refractivity contribution in [2.75, 3.05) is 11.1 Å². The van der Waals surface area contributed by atoms with Gasteiger partial charge >= 0.3 is 0 Å². The normalized spacial score (nSPS) is 12.0. The lowest BCUT2D eigenvalue weighted by Crippen LogP contribution is -2.14.